The largest absolute Gasteiger partial charge is 0.391 e. The maximum atomic E-state index is 9.54. The lowest BCUT2D eigenvalue weighted by molar-refractivity contribution is 0.142. The number of likely N-dealkylation sites (N-methyl/N-ethyl adjacent to an activating group) is 1. The van der Waals surface area contributed by atoms with Crippen molar-refractivity contribution in [3.8, 4) is 0 Å². The molecule has 1 heterocycles. The molecule has 1 aliphatic rings. The summed E-state index contributed by atoms with van der Waals surface area (Å²) in [6, 6.07) is 0. The van der Waals surface area contributed by atoms with E-state index in [0.29, 0.717) is 5.92 Å². The van der Waals surface area contributed by atoms with E-state index in [4.69, 9.17) is 0 Å². The van der Waals surface area contributed by atoms with Crippen molar-refractivity contribution < 1.29 is 5.11 Å². The summed E-state index contributed by atoms with van der Waals surface area (Å²) >= 11 is 0. The van der Waals surface area contributed by atoms with E-state index in [2.05, 4.69) is 17.1 Å². The van der Waals surface area contributed by atoms with Crippen LogP contribution in [0.15, 0.2) is 0 Å². The molecule has 0 saturated carbocycles. The zero-order valence-corrected chi connectivity index (χ0v) is 7.38. The fourth-order valence-electron chi connectivity index (χ4n) is 1.66. The average molecular weight is 158 g/mol. The van der Waals surface area contributed by atoms with Gasteiger partial charge in [0.05, 0.1) is 6.10 Å². The number of likely N-dealkylation sites (tertiary alicyclic amines) is 1. The Balaban J connectivity index is 2.32. The maximum Gasteiger partial charge on any atom is 0.0719 e. The number of aliphatic hydroxyl groups is 1. The molecule has 1 saturated heterocycles. The SMILES string of the molecule is CCN1CC(O)C(CNC)C1. The molecule has 0 aromatic heterocycles. The first kappa shape index (κ1) is 8.97. The topological polar surface area (TPSA) is 35.5 Å². The molecule has 3 heteroatoms. The number of β-amino-alcohol motifs (C(OH)–C–C–N with tert-alkyl or cyclic N) is 1. The molecule has 1 rings (SSSR count). The van der Waals surface area contributed by atoms with E-state index >= 15 is 0 Å². The Morgan fingerprint density at radius 2 is 2.27 bits per heavy atom. The third kappa shape index (κ3) is 2.15. The summed E-state index contributed by atoms with van der Waals surface area (Å²) in [5, 5.41) is 12.6. The fraction of sp³-hybridized carbons (Fsp3) is 1.00. The molecule has 0 amide bonds. The van der Waals surface area contributed by atoms with Gasteiger partial charge >= 0.3 is 0 Å². The van der Waals surface area contributed by atoms with Crippen molar-refractivity contribution in [2.75, 3.05) is 33.2 Å². The van der Waals surface area contributed by atoms with E-state index in [1.54, 1.807) is 0 Å². The molecule has 0 bridgehead atoms. The minimum Gasteiger partial charge on any atom is -0.391 e. The minimum absolute atomic E-state index is 0.123. The van der Waals surface area contributed by atoms with Crippen LogP contribution in [-0.4, -0.2) is 49.3 Å². The lowest BCUT2D eigenvalue weighted by atomic mass is 10.1. The maximum absolute atomic E-state index is 9.54. The van der Waals surface area contributed by atoms with Gasteiger partial charge in [0.15, 0.2) is 0 Å². The van der Waals surface area contributed by atoms with Crippen molar-refractivity contribution in [2.45, 2.75) is 13.0 Å². The molecule has 11 heavy (non-hydrogen) atoms. The predicted octanol–water partition coefficient (Wildman–Crippen LogP) is -0.482. The highest BCUT2D eigenvalue weighted by atomic mass is 16.3. The van der Waals surface area contributed by atoms with E-state index in [-0.39, 0.29) is 6.10 Å². The van der Waals surface area contributed by atoms with Crippen LogP contribution >= 0.6 is 0 Å². The minimum atomic E-state index is -0.123. The highest BCUT2D eigenvalue weighted by Crippen LogP contribution is 2.15. The lowest BCUT2D eigenvalue weighted by Crippen LogP contribution is -2.28. The second-order valence-electron chi connectivity index (χ2n) is 3.24. The van der Waals surface area contributed by atoms with Gasteiger partial charge in [-0.3, -0.25) is 0 Å². The zero-order valence-electron chi connectivity index (χ0n) is 7.38. The molecule has 1 fully saturated rings. The summed E-state index contributed by atoms with van der Waals surface area (Å²) in [6.45, 7) is 6.00. The van der Waals surface area contributed by atoms with Crippen LogP contribution in [0, 0.1) is 5.92 Å². The van der Waals surface area contributed by atoms with Crippen LogP contribution in [0.2, 0.25) is 0 Å². The second-order valence-corrected chi connectivity index (χ2v) is 3.24. The molecule has 0 spiro atoms. The quantitative estimate of drug-likeness (QED) is 0.582. The van der Waals surface area contributed by atoms with Crippen molar-refractivity contribution in [1.82, 2.24) is 10.2 Å². The summed E-state index contributed by atoms with van der Waals surface area (Å²) in [5.74, 6) is 0.431. The second kappa shape index (κ2) is 4.04. The summed E-state index contributed by atoms with van der Waals surface area (Å²) in [5.41, 5.74) is 0. The molecule has 2 N–H and O–H groups in total. The Morgan fingerprint density at radius 3 is 2.73 bits per heavy atom. The molecule has 0 aromatic carbocycles. The Kier molecular flexibility index (Phi) is 3.30. The molecule has 2 unspecified atom stereocenters. The number of rotatable bonds is 3. The smallest absolute Gasteiger partial charge is 0.0719 e. The molecule has 0 radical (unpaired) electrons. The molecular weight excluding hydrogens is 140 g/mol. The first-order valence-electron chi connectivity index (χ1n) is 4.33. The standard InChI is InChI=1S/C8H18N2O/c1-3-10-5-7(4-9-2)8(11)6-10/h7-9,11H,3-6H2,1-2H3. The molecule has 66 valence electrons. The molecule has 1 aliphatic heterocycles. The lowest BCUT2D eigenvalue weighted by Gasteiger charge is -2.12. The summed E-state index contributed by atoms with van der Waals surface area (Å²) in [7, 11) is 1.93. The van der Waals surface area contributed by atoms with Gasteiger partial charge in [-0.1, -0.05) is 6.92 Å². The van der Waals surface area contributed by atoms with Gasteiger partial charge in [-0.15, -0.1) is 0 Å². The Morgan fingerprint density at radius 1 is 1.55 bits per heavy atom. The third-order valence-electron chi connectivity index (χ3n) is 2.40. The van der Waals surface area contributed by atoms with Crippen LogP contribution in [-0.2, 0) is 0 Å². The number of hydrogen-bond donors (Lipinski definition) is 2. The average Bonchev–Trinajstić information content (AvgIpc) is 2.33. The summed E-state index contributed by atoms with van der Waals surface area (Å²) in [4.78, 5) is 2.28. The van der Waals surface area contributed by atoms with Gasteiger partial charge < -0.3 is 15.3 Å². The van der Waals surface area contributed by atoms with Crippen LogP contribution in [0.5, 0.6) is 0 Å². The predicted molar refractivity (Wildman–Crippen MR) is 45.5 cm³/mol. The van der Waals surface area contributed by atoms with E-state index in [9.17, 15) is 5.11 Å². The van der Waals surface area contributed by atoms with Crippen molar-refractivity contribution >= 4 is 0 Å². The summed E-state index contributed by atoms with van der Waals surface area (Å²) in [6.07, 6.45) is -0.123. The third-order valence-corrected chi connectivity index (χ3v) is 2.40. The van der Waals surface area contributed by atoms with Crippen LogP contribution < -0.4 is 5.32 Å². The molecule has 2 atom stereocenters. The zero-order chi connectivity index (χ0) is 8.27. The van der Waals surface area contributed by atoms with Crippen LogP contribution in [0.1, 0.15) is 6.92 Å². The van der Waals surface area contributed by atoms with Gasteiger partial charge in [0.25, 0.3) is 0 Å². The van der Waals surface area contributed by atoms with E-state index in [0.717, 1.165) is 26.2 Å². The Hall–Kier alpha value is -0.120. The van der Waals surface area contributed by atoms with Crippen molar-refractivity contribution in [3.63, 3.8) is 0 Å². The van der Waals surface area contributed by atoms with Gasteiger partial charge in [0.2, 0.25) is 0 Å². The number of hydrogen-bond acceptors (Lipinski definition) is 3. The molecular formula is C8H18N2O. The first-order chi connectivity index (χ1) is 5.27. The van der Waals surface area contributed by atoms with Crippen molar-refractivity contribution in [2.24, 2.45) is 5.92 Å². The molecule has 0 aromatic rings. The van der Waals surface area contributed by atoms with Gasteiger partial charge in [-0.05, 0) is 13.6 Å². The van der Waals surface area contributed by atoms with E-state index < -0.39 is 0 Å². The van der Waals surface area contributed by atoms with Crippen molar-refractivity contribution in [3.05, 3.63) is 0 Å². The summed E-state index contributed by atoms with van der Waals surface area (Å²) < 4.78 is 0. The first-order valence-corrected chi connectivity index (χ1v) is 4.33. The van der Waals surface area contributed by atoms with Gasteiger partial charge in [-0.2, -0.15) is 0 Å². The van der Waals surface area contributed by atoms with Crippen LogP contribution in [0.4, 0.5) is 0 Å². The number of aliphatic hydroxyl groups excluding tert-OH is 1. The van der Waals surface area contributed by atoms with E-state index in [1.165, 1.54) is 0 Å². The molecule has 3 nitrogen and oxygen atoms in total. The Labute approximate surface area is 68.4 Å². The highest BCUT2D eigenvalue weighted by Gasteiger charge is 2.29. The van der Waals surface area contributed by atoms with Crippen LogP contribution in [0.25, 0.3) is 0 Å². The Bertz CT molecular complexity index is 119. The van der Waals surface area contributed by atoms with Crippen LogP contribution in [0.3, 0.4) is 0 Å². The number of nitrogens with zero attached hydrogens (tertiary/aromatic N) is 1. The molecule has 0 aliphatic carbocycles. The highest BCUT2D eigenvalue weighted by molar-refractivity contribution is 4.83. The van der Waals surface area contributed by atoms with Crippen molar-refractivity contribution in [1.29, 1.82) is 0 Å². The van der Waals surface area contributed by atoms with E-state index in [1.807, 2.05) is 7.05 Å². The van der Waals surface area contributed by atoms with Gasteiger partial charge in [0, 0.05) is 25.6 Å². The normalized spacial score (nSPS) is 33.0. The fourth-order valence-corrected chi connectivity index (χ4v) is 1.66. The van der Waals surface area contributed by atoms with Gasteiger partial charge in [-0.25, -0.2) is 0 Å². The number of nitrogens with one attached hydrogen (secondary N) is 1. The monoisotopic (exact) mass is 158 g/mol. The van der Waals surface area contributed by atoms with Gasteiger partial charge in [0.1, 0.15) is 0 Å².